The van der Waals surface area contributed by atoms with E-state index in [1.807, 2.05) is 32.0 Å². The molecule has 2 aliphatic carbocycles. The van der Waals surface area contributed by atoms with Crippen LogP contribution in [0.4, 0.5) is 0 Å². The summed E-state index contributed by atoms with van der Waals surface area (Å²) in [5.41, 5.74) is 0.650. The lowest BCUT2D eigenvalue weighted by Crippen LogP contribution is -2.37. The van der Waals surface area contributed by atoms with Gasteiger partial charge in [-0.1, -0.05) is 24.3 Å². The Bertz CT molecular complexity index is 889. The molecule has 0 amide bonds. The Morgan fingerprint density at radius 2 is 2.04 bits per heavy atom. The summed E-state index contributed by atoms with van der Waals surface area (Å²) < 4.78 is 11.4. The average Bonchev–Trinajstić information content (AvgIpc) is 2.86. The highest BCUT2D eigenvalue weighted by atomic mass is 16.5. The maximum absolute atomic E-state index is 12.7. The second kappa shape index (κ2) is 5.55. The highest BCUT2D eigenvalue weighted by Crippen LogP contribution is 2.56. The third-order valence-electron chi connectivity index (χ3n) is 5.39. The van der Waals surface area contributed by atoms with Gasteiger partial charge in [-0.25, -0.2) is 4.79 Å². The number of benzene rings is 1. The summed E-state index contributed by atoms with van der Waals surface area (Å²) in [7, 11) is 0. The predicted molar refractivity (Wildman–Crippen MR) is 94.9 cm³/mol. The number of fused-ring (bicyclic) bond motifs is 5. The number of carbonyl (C=O) groups excluding carboxylic acids is 2. The maximum atomic E-state index is 12.7. The Morgan fingerprint density at radius 3 is 2.77 bits per heavy atom. The molecule has 26 heavy (non-hydrogen) atoms. The zero-order valence-electron chi connectivity index (χ0n) is 15.2. The highest BCUT2D eigenvalue weighted by molar-refractivity contribution is 6.22. The van der Waals surface area contributed by atoms with E-state index >= 15 is 0 Å². The van der Waals surface area contributed by atoms with Crippen molar-refractivity contribution >= 4 is 17.5 Å². The number of aliphatic hydroxyl groups is 1. The van der Waals surface area contributed by atoms with Crippen LogP contribution in [0.3, 0.4) is 0 Å². The lowest BCUT2D eigenvalue weighted by atomic mass is 9.72. The number of rotatable bonds is 2. The molecule has 4 rings (SSSR count). The van der Waals surface area contributed by atoms with Crippen molar-refractivity contribution in [2.45, 2.75) is 51.2 Å². The fourth-order valence-corrected chi connectivity index (χ4v) is 4.23. The number of esters is 1. The van der Waals surface area contributed by atoms with E-state index in [0.29, 0.717) is 23.3 Å². The predicted octanol–water partition coefficient (Wildman–Crippen LogP) is 3.02. The van der Waals surface area contributed by atoms with E-state index in [2.05, 4.69) is 0 Å². The average molecular weight is 354 g/mol. The first kappa shape index (κ1) is 17.0. The largest absolute Gasteiger partial charge is 0.487 e. The second-order valence-electron chi connectivity index (χ2n) is 7.65. The molecule has 1 heterocycles. The monoisotopic (exact) mass is 354 g/mol. The molecular formula is C21H22O5. The van der Waals surface area contributed by atoms with E-state index in [9.17, 15) is 14.7 Å². The second-order valence-corrected chi connectivity index (χ2v) is 7.65. The molecule has 0 aromatic heterocycles. The van der Waals surface area contributed by atoms with Gasteiger partial charge in [0.15, 0.2) is 5.78 Å². The zero-order valence-corrected chi connectivity index (χ0v) is 15.2. The van der Waals surface area contributed by atoms with Crippen LogP contribution in [0.1, 0.15) is 51.2 Å². The molecule has 1 aliphatic heterocycles. The summed E-state index contributed by atoms with van der Waals surface area (Å²) in [6, 6.07) is 7.40. The molecule has 1 N–H and O–H groups in total. The van der Waals surface area contributed by atoms with Crippen molar-refractivity contribution in [3.63, 3.8) is 0 Å². The number of ether oxygens (including phenoxy) is 2. The van der Waals surface area contributed by atoms with Gasteiger partial charge in [0.2, 0.25) is 0 Å². The summed E-state index contributed by atoms with van der Waals surface area (Å²) in [6.45, 7) is 5.90. The molecule has 1 aromatic rings. The Kier molecular flexibility index (Phi) is 3.63. The number of ketones is 1. The number of carbonyl (C=O) groups is 2. The molecule has 0 radical (unpaired) electrons. The molecule has 3 aliphatic rings. The molecule has 0 saturated carbocycles. The van der Waals surface area contributed by atoms with Crippen molar-refractivity contribution in [3.8, 4) is 0 Å². The van der Waals surface area contributed by atoms with Crippen molar-refractivity contribution in [1.82, 2.24) is 0 Å². The van der Waals surface area contributed by atoms with Gasteiger partial charge in [0.1, 0.15) is 22.5 Å². The van der Waals surface area contributed by atoms with Gasteiger partial charge in [0, 0.05) is 23.1 Å². The minimum absolute atomic E-state index is 0.0281. The molecule has 136 valence electrons. The van der Waals surface area contributed by atoms with Crippen LogP contribution >= 0.6 is 0 Å². The van der Waals surface area contributed by atoms with Gasteiger partial charge in [0.05, 0.1) is 6.61 Å². The number of Topliss-reactive ketones (excluding diaryl/α,β-unsaturated/α-hetero) is 1. The van der Waals surface area contributed by atoms with Gasteiger partial charge in [-0.05, 0) is 39.2 Å². The first-order chi connectivity index (χ1) is 12.3. The Labute approximate surface area is 152 Å². The lowest BCUT2D eigenvalue weighted by Gasteiger charge is -2.42. The third-order valence-corrected chi connectivity index (χ3v) is 5.39. The normalized spacial score (nSPS) is 26.1. The maximum Gasteiger partial charge on any atom is 0.342 e. The van der Waals surface area contributed by atoms with Crippen molar-refractivity contribution < 1.29 is 24.2 Å². The van der Waals surface area contributed by atoms with E-state index < -0.39 is 11.6 Å². The van der Waals surface area contributed by atoms with Gasteiger partial charge < -0.3 is 14.6 Å². The van der Waals surface area contributed by atoms with Crippen LogP contribution in [0.25, 0.3) is 5.76 Å². The van der Waals surface area contributed by atoms with E-state index in [-0.39, 0.29) is 30.0 Å². The number of hydrogen-bond acceptors (Lipinski definition) is 5. The van der Waals surface area contributed by atoms with Crippen molar-refractivity contribution in [3.05, 3.63) is 52.1 Å². The van der Waals surface area contributed by atoms with Gasteiger partial charge in [0.25, 0.3) is 0 Å². The summed E-state index contributed by atoms with van der Waals surface area (Å²) in [5, 5.41) is 11.5. The summed E-state index contributed by atoms with van der Waals surface area (Å²) in [4.78, 5) is 25.2. The fraction of sp³-hybridized carbons (Fsp3) is 0.429. The molecule has 1 aromatic carbocycles. The van der Waals surface area contributed by atoms with E-state index in [4.69, 9.17) is 9.47 Å². The molecule has 0 fully saturated rings. The van der Waals surface area contributed by atoms with Crippen molar-refractivity contribution in [1.29, 1.82) is 0 Å². The van der Waals surface area contributed by atoms with Gasteiger partial charge in [-0.2, -0.15) is 0 Å². The molecule has 5 nitrogen and oxygen atoms in total. The number of hydrogen-bond donors (Lipinski definition) is 1. The summed E-state index contributed by atoms with van der Waals surface area (Å²) in [5.74, 6) is -0.387. The lowest BCUT2D eigenvalue weighted by molar-refractivity contribution is -0.139. The minimum Gasteiger partial charge on any atom is -0.487 e. The van der Waals surface area contributed by atoms with Crippen molar-refractivity contribution in [2.75, 3.05) is 6.61 Å². The Balaban J connectivity index is 2.03. The molecule has 0 spiro atoms. The Morgan fingerprint density at radius 1 is 1.31 bits per heavy atom. The van der Waals surface area contributed by atoms with E-state index in [0.717, 1.165) is 17.6 Å². The van der Waals surface area contributed by atoms with Crippen LogP contribution in [-0.4, -0.2) is 29.1 Å². The molecule has 0 saturated heterocycles. The van der Waals surface area contributed by atoms with Gasteiger partial charge in [-0.3, -0.25) is 4.79 Å². The van der Waals surface area contributed by atoms with E-state index in [1.54, 1.807) is 13.0 Å². The van der Waals surface area contributed by atoms with Crippen LogP contribution in [0.5, 0.6) is 0 Å². The van der Waals surface area contributed by atoms with Gasteiger partial charge >= 0.3 is 5.97 Å². The molecule has 1 unspecified atom stereocenters. The quantitative estimate of drug-likeness (QED) is 0.653. The van der Waals surface area contributed by atoms with Crippen LogP contribution in [0.15, 0.2) is 41.0 Å². The van der Waals surface area contributed by atoms with Crippen LogP contribution in [0.2, 0.25) is 0 Å². The molecule has 5 heteroatoms. The van der Waals surface area contributed by atoms with Gasteiger partial charge in [-0.15, -0.1) is 0 Å². The molecule has 0 bridgehead atoms. The topological polar surface area (TPSA) is 72.8 Å². The SMILES string of the molecule is CCOC(=O)C1=C2C3=C(OC(C)(C)CC3)c3ccccc3C2(O)CC1=O. The van der Waals surface area contributed by atoms with E-state index in [1.165, 1.54) is 0 Å². The smallest absolute Gasteiger partial charge is 0.342 e. The van der Waals surface area contributed by atoms with Crippen molar-refractivity contribution in [2.24, 2.45) is 0 Å². The first-order valence-corrected chi connectivity index (χ1v) is 8.98. The fourth-order valence-electron chi connectivity index (χ4n) is 4.23. The summed E-state index contributed by atoms with van der Waals surface area (Å²) in [6.07, 6.45) is 1.22. The Hall–Kier alpha value is -2.40. The zero-order chi connectivity index (χ0) is 18.7. The van der Waals surface area contributed by atoms with Crippen LogP contribution in [0, 0.1) is 0 Å². The molecule has 1 atom stereocenters. The molecular weight excluding hydrogens is 332 g/mol. The first-order valence-electron chi connectivity index (χ1n) is 8.98. The van der Waals surface area contributed by atoms with Crippen LogP contribution in [-0.2, 0) is 24.7 Å². The third kappa shape index (κ3) is 2.27. The van der Waals surface area contributed by atoms with Crippen LogP contribution < -0.4 is 0 Å². The summed E-state index contributed by atoms with van der Waals surface area (Å²) >= 11 is 0. The standard InChI is InChI=1S/C21H22O5/c1-4-25-19(23)16-15(22)11-21(24)14-8-6-5-7-12(14)18-13(17(16)21)9-10-20(2,3)26-18/h5-8,24H,4,9-11H2,1-3H3. The highest BCUT2D eigenvalue weighted by Gasteiger charge is 2.54. The minimum atomic E-state index is -1.50.